The molecule has 2 rings (SSSR count). The van der Waals surface area contributed by atoms with Crippen LogP contribution in [0.5, 0.6) is 11.5 Å². The lowest BCUT2D eigenvalue weighted by atomic mass is 10.00. The summed E-state index contributed by atoms with van der Waals surface area (Å²) in [6.45, 7) is 9.25. The minimum atomic E-state index is -2.27. The van der Waals surface area contributed by atoms with Crippen molar-refractivity contribution in [3.05, 3.63) is 59.7 Å². The molecule has 19 amide bonds. The van der Waals surface area contributed by atoms with Crippen LogP contribution in [0.4, 0.5) is 0 Å². The molecule has 0 unspecified atom stereocenters. The van der Waals surface area contributed by atoms with Gasteiger partial charge in [0.25, 0.3) is 0 Å². The standard InChI is InChI=1S/C90H142N26O34/c1-39(2)28-54(106-71(132)42(7)101-86(147)69(45(10)120)115-72(133)43(8)100-83(144)61(37-118)114-82(143)58(32-66(128)129)110-85(146)68(91)41(5)6)77(138)108-56(30-47-16-20-49(122)21-17-47)79(140)105-52(15-13-27-97-90(94)95)76(137)116-70(46(11)121)87(148)111-59(33-67(130)131)81(142)109-57(31-48-18-22-50(123)23-19-48)80(141)112-60(36-117)74(135)99-35-63(124)103-51(14-12-26-96-89(92)93)73(134)98-34-64(125)104-53(24-25-65(126)127)75(136)107-55(29-40(3)4)78(139)113-62(38-119)84(145)102-44(9)88(149)150/h16-23,39-46,51-62,68-70,117-123H,12-15,24-38,91H2,1-11H3,(H,98,134)(H,99,135)(H,100,144)(H,101,147)(H,102,145)(H,103,124)(H,104,125)(H,105,140)(H,106,132)(H,107,136)(H,108,138)(H,109,142)(H,110,146)(H,111,148)(H,112,141)(H,113,139)(H,114,143)(H,115,133)(H,116,137)(H,126,127)(H,128,129)(H,130,131)(H,149,150)(H4,92,93,96)(H4,94,95,97)/t42-,43-,44-,45+,46+,51-,52-,53-,54-,55-,56-,57-,58-,59-,60-,61-,62-,68-,69-,70-/m0/s1. The van der Waals surface area contributed by atoms with Crippen molar-refractivity contribution in [3.8, 4) is 11.5 Å². The van der Waals surface area contributed by atoms with Gasteiger partial charge in [-0.3, -0.25) is 121 Å². The van der Waals surface area contributed by atoms with Crippen LogP contribution >= 0.6 is 0 Å². The van der Waals surface area contributed by atoms with Crippen molar-refractivity contribution >= 4 is 148 Å². The molecule has 2 aromatic rings. The Morgan fingerprint density at radius 1 is 0.307 bits per heavy atom. The molecule has 0 aliphatic rings. The lowest BCUT2D eigenvalue weighted by Crippen LogP contribution is -2.62. The molecule has 60 nitrogen and oxygen atoms in total. The number of carboxylic acid groups (broad SMARTS) is 4. The highest BCUT2D eigenvalue weighted by Gasteiger charge is 2.41. The van der Waals surface area contributed by atoms with Gasteiger partial charge in [-0.25, -0.2) is 0 Å². The number of guanidine groups is 2. The van der Waals surface area contributed by atoms with Gasteiger partial charge in [0.05, 0.1) is 64.0 Å². The number of hydrogen-bond donors (Lipinski definition) is 37. The summed E-state index contributed by atoms with van der Waals surface area (Å²) < 4.78 is 0. The minimum absolute atomic E-state index is 0.0471. The van der Waals surface area contributed by atoms with Gasteiger partial charge in [0.2, 0.25) is 112 Å². The first-order valence-corrected chi connectivity index (χ1v) is 47.4. The molecule has 0 bridgehead atoms. The molecule has 0 saturated heterocycles. The molecule has 150 heavy (non-hydrogen) atoms. The molecule has 0 aliphatic heterocycles. The maximum absolute atomic E-state index is 14.9. The summed E-state index contributed by atoms with van der Waals surface area (Å²) in [5.41, 5.74) is 17.1. The molecule has 20 atom stereocenters. The topological polar surface area (TPSA) is 994 Å². The third-order valence-corrected chi connectivity index (χ3v) is 21.9. The first-order chi connectivity index (χ1) is 70.1. The van der Waals surface area contributed by atoms with E-state index in [-0.39, 0.29) is 73.7 Å². The van der Waals surface area contributed by atoms with Gasteiger partial charge in [-0.15, -0.1) is 0 Å². The van der Waals surface area contributed by atoms with E-state index in [0.29, 0.717) is 0 Å². The molecular weight excluding hydrogens is 1990 g/mol. The molecule has 0 saturated carbocycles. The number of carbonyl (C=O) groups is 23. The average Bonchev–Trinajstić information content (AvgIpc) is 0.853. The van der Waals surface area contributed by atoms with E-state index in [2.05, 4.69) is 112 Å². The SMILES string of the molecule is CC(C)C[C@H](NC(=O)[C@H](C)NC(=O)[C@@H](NC(=O)[C@H](C)NC(=O)[C@H](CO)NC(=O)[C@H](CC(=O)O)NC(=O)[C@@H](N)C(C)C)[C@@H](C)O)C(=O)N[C@@H](Cc1ccc(O)cc1)C(=O)N[C@@H](CCCNC(=N)N)C(=O)N[C@H](C(=O)N[C@@H](CC(=O)O)C(=O)N[C@@H](Cc1ccc(O)cc1)C(=O)N[C@@H](CO)C(=O)NCC(=O)N[C@@H](CCCNC(=N)N)C(=O)NCC(=O)N[C@@H](CCC(=O)O)C(=O)N[C@@H](CC(C)C)C(=O)N[C@@H](CO)C(=O)N[C@@H](C)C(=O)O)[C@@H](C)O. The highest BCUT2D eigenvalue weighted by Crippen LogP contribution is 2.18. The Morgan fingerprint density at radius 3 is 0.947 bits per heavy atom. The second-order valence-electron chi connectivity index (χ2n) is 36.2. The van der Waals surface area contributed by atoms with Gasteiger partial charge in [-0.1, -0.05) is 65.8 Å². The van der Waals surface area contributed by atoms with Gasteiger partial charge in [0.15, 0.2) is 11.9 Å². The summed E-state index contributed by atoms with van der Waals surface area (Å²) in [4.78, 5) is 310. The maximum atomic E-state index is 14.9. The van der Waals surface area contributed by atoms with Crippen molar-refractivity contribution < 1.29 is 166 Å². The van der Waals surface area contributed by atoms with E-state index in [9.17, 15) is 166 Å². The zero-order valence-corrected chi connectivity index (χ0v) is 84.4. The molecular formula is C90H142N26O34. The minimum Gasteiger partial charge on any atom is -0.508 e. The quantitative estimate of drug-likeness (QED) is 0.0166. The predicted octanol–water partition coefficient (Wildman–Crippen LogP) is -13.3. The molecule has 2 aromatic carbocycles. The Kier molecular flexibility index (Phi) is 57.0. The number of aromatic hydroxyl groups is 2. The van der Waals surface area contributed by atoms with Gasteiger partial charge in [0, 0.05) is 32.4 Å². The number of hydrogen-bond acceptors (Lipinski definition) is 33. The van der Waals surface area contributed by atoms with Crippen LogP contribution in [0.25, 0.3) is 0 Å². The maximum Gasteiger partial charge on any atom is 0.325 e. The number of nitrogens with one attached hydrogen (secondary N) is 23. The van der Waals surface area contributed by atoms with E-state index in [1.807, 2.05) is 0 Å². The highest BCUT2D eigenvalue weighted by atomic mass is 16.4. The van der Waals surface area contributed by atoms with Crippen molar-refractivity contribution in [1.29, 1.82) is 10.8 Å². The normalized spacial score (nSPS) is 15.1. The Bertz CT molecular complexity index is 5010. The number of nitrogens with two attached hydrogens (primary N) is 3. The van der Waals surface area contributed by atoms with E-state index in [0.717, 1.165) is 46.8 Å². The summed E-state index contributed by atoms with van der Waals surface area (Å²) in [5, 5.41) is 174. The summed E-state index contributed by atoms with van der Waals surface area (Å²) in [7, 11) is 0. The highest BCUT2D eigenvalue weighted by molar-refractivity contribution is 6.03. The Labute approximate surface area is 859 Å². The van der Waals surface area contributed by atoms with Crippen molar-refractivity contribution in [2.45, 2.75) is 274 Å². The van der Waals surface area contributed by atoms with E-state index < -0.39 is 359 Å². The first-order valence-electron chi connectivity index (χ1n) is 47.4. The number of amides is 19. The first kappa shape index (κ1) is 130. The average molecular weight is 2130 g/mol. The molecule has 40 N–H and O–H groups in total. The number of aliphatic hydroxyl groups excluding tert-OH is 5. The van der Waals surface area contributed by atoms with E-state index in [1.54, 1.807) is 41.5 Å². The van der Waals surface area contributed by atoms with Crippen LogP contribution in [0, 0.1) is 28.6 Å². The number of phenols is 2. The fourth-order valence-electron chi connectivity index (χ4n) is 13.6. The lowest BCUT2D eigenvalue weighted by molar-refractivity contribution is -0.142. The van der Waals surface area contributed by atoms with Crippen LogP contribution < -0.4 is 129 Å². The predicted molar refractivity (Wildman–Crippen MR) is 523 cm³/mol. The second-order valence-corrected chi connectivity index (χ2v) is 36.2. The molecule has 0 aliphatic carbocycles. The number of phenolic OH excluding ortho intramolecular Hbond substituents is 2. The molecule has 60 heteroatoms. The summed E-state index contributed by atoms with van der Waals surface area (Å²) in [6, 6.07) is -21.8. The number of aliphatic carboxylic acids is 4. The third kappa shape index (κ3) is 49.1. The van der Waals surface area contributed by atoms with Gasteiger partial charge in [-0.2, -0.15) is 0 Å². The summed E-state index contributed by atoms with van der Waals surface area (Å²) >= 11 is 0. The monoisotopic (exact) mass is 2130 g/mol. The Morgan fingerprint density at radius 2 is 0.587 bits per heavy atom. The molecule has 836 valence electrons. The lowest BCUT2D eigenvalue weighted by Gasteiger charge is -2.29. The van der Waals surface area contributed by atoms with Crippen LogP contribution in [-0.2, 0) is 123 Å². The number of benzene rings is 2. The van der Waals surface area contributed by atoms with Gasteiger partial charge < -0.3 is 185 Å². The number of carboxylic acids is 4. The van der Waals surface area contributed by atoms with Crippen LogP contribution in [0.3, 0.4) is 0 Å². The fraction of sp³-hybridized carbons (Fsp3) is 0.589. The van der Waals surface area contributed by atoms with Crippen LogP contribution in [0.1, 0.15) is 151 Å². The van der Waals surface area contributed by atoms with E-state index in [1.165, 1.54) is 36.4 Å². The van der Waals surface area contributed by atoms with E-state index >= 15 is 0 Å². The number of carbonyl (C=O) groups excluding carboxylic acids is 19. The number of rotatable bonds is 68. The largest absolute Gasteiger partial charge is 0.508 e. The molecule has 0 spiro atoms. The van der Waals surface area contributed by atoms with Crippen LogP contribution in [0.2, 0.25) is 0 Å². The van der Waals surface area contributed by atoms with Crippen LogP contribution in [0.15, 0.2) is 48.5 Å². The van der Waals surface area contributed by atoms with Gasteiger partial charge >= 0.3 is 23.9 Å². The fourth-order valence-corrected chi connectivity index (χ4v) is 13.6. The van der Waals surface area contributed by atoms with Gasteiger partial charge in [0.1, 0.15) is 114 Å². The zero-order valence-electron chi connectivity index (χ0n) is 84.4. The molecule has 0 fully saturated rings. The Balaban J connectivity index is 2.51. The van der Waals surface area contributed by atoms with Crippen molar-refractivity contribution in [3.63, 3.8) is 0 Å². The Hall–Kier alpha value is -15.8. The molecule has 0 radical (unpaired) electrons. The van der Waals surface area contributed by atoms with Crippen LogP contribution in [-0.4, -0.2) is 371 Å². The van der Waals surface area contributed by atoms with E-state index in [4.69, 9.17) is 28.0 Å². The van der Waals surface area contributed by atoms with Crippen molar-refractivity contribution in [2.24, 2.45) is 35.0 Å². The van der Waals surface area contributed by atoms with Crippen molar-refractivity contribution in [2.75, 3.05) is 46.0 Å². The molecule has 0 aromatic heterocycles. The zero-order chi connectivity index (χ0) is 114. The molecule has 0 heterocycles. The second kappa shape index (κ2) is 65.7. The summed E-state index contributed by atoms with van der Waals surface area (Å²) in [6.07, 6.45) is -9.78. The number of aliphatic hydroxyl groups is 5. The van der Waals surface area contributed by atoms with Crippen molar-refractivity contribution in [1.82, 2.24) is 112 Å². The third-order valence-electron chi connectivity index (χ3n) is 21.9. The smallest absolute Gasteiger partial charge is 0.325 e. The summed E-state index contributed by atoms with van der Waals surface area (Å²) in [5.74, 6) is -32.0. The van der Waals surface area contributed by atoms with Gasteiger partial charge in [-0.05, 0) is 133 Å².